The Kier molecular flexibility index (Phi) is 6.09. The maximum absolute atomic E-state index is 12.6. The molecule has 0 aliphatic heterocycles. The number of anilines is 3. The van der Waals surface area contributed by atoms with Gasteiger partial charge < -0.3 is 20.7 Å². The molecule has 3 N–H and O–H groups in total. The van der Waals surface area contributed by atoms with E-state index in [1.807, 2.05) is 31.2 Å². The Labute approximate surface area is 169 Å². The van der Waals surface area contributed by atoms with Crippen LogP contribution in [-0.4, -0.2) is 25.0 Å². The van der Waals surface area contributed by atoms with Gasteiger partial charge in [0.2, 0.25) is 11.8 Å². The molecule has 1 saturated carbocycles. The second-order valence-corrected chi connectivity index (χ2v) is 7.41. The van der Waals surface area contributed by atoms with Crippen molar-refractivity contribution in [3.05, 3.63) is 47.0 Å². The summed E-state index contributed by atoms with van der Waals surface area (Å²) in [5.41, 5.74) is 2.95. The molecule has 0 bridgehead atoms. The molecule has 2 aromatic rings. The Balaban J connectivity index is 1.59. The number of methoxy groups -OCH3 is 1. The van der Waals surface area contributed by atoms with Gasteiger partial charge in [0.15, 0.2) is 0 Å². The van der Waals surface area contributed by atoms with Crippen LogP contribution in [0.3, 0.4) is 0 Å². The first-order valence-corrected chi connectivity index (χ1v) is 9.57. The van der Waals surface area contributed by atoms with Crippen molar-refractivity contribution in [3.8, 4) is 5.75 Å². The van der Waals surface area contributed by atoms with E-state index in [9.17, 15) is 9.59 Å². The van der Waals surface area contributed by atoms with Crippen LogP contribution >= 0.6 is 11.6 Å². The molecule has 28 heavy (non-hydrogen) atoms. The first kappa shape index (κ1) is 20.0. The van der Waals surface area contributed by atoms with Gasteiger partial charge in [-0.05, 0) is 62.6 Å². The predicted molar refractivity (Wildman–Crippen MR) is 112 cm³/mol. The fourth-order valence-corrected chi connectivity index (χ4v) is 2.88. The third kappa shape index (κ3) is 4.95. The largest absolute Gasteiger partial charge is 0.495 e. The van der Waals surface area contributed by atoms with E-state index >= 15 is 0 Å². The van der Waals surface area contributed by atoms with Crippen LogP contribution < -0.4 is 20.7 Å². The molecular formula is C21H24ClN3O3. The van der Waals surface area contributed by atoms with Crippen LogP contribution in [-0.2, 0) is 9.59 Å². The number of carbonyl (C=O) groups is 2. The molecule has 7 heteroatoms. The zero-order valence-corrected chi connectivity index (χ0v) is 16.9. The topological polar surface area (TPSA) is 79.5 Å². The molecule has 0 saturated heterocycles. The molecule has 0 heterocycles. The summed E-state index contributed by atoms with van der Waals surface area (Å²) in [7, 11) is 1.53. The van der Waals surface area contributed by atoms with E-state index in [0.717, 1.165) is 29.8 Å². The van der Waals surface area contributed by atoms with Crippen LogP contribution in [0.4, 0.5) is 17.1 Å². The number of nitrogens with one attached hydrogen (secondary N) is 3. The Morgan fingerprint density at radius 2 is 1.75 bits per heavy atom. The van der Waals surface area contributed by atoms with Gasteiger partial charge in [0.05, 0.1) is 12.8 Å². The molecule has 1 aliphatic carbocycles. The summed E-state index contributed by atoms with van der Waals surface area (Å²) < 4.78 is 5.29. The fraction of sp³-hybridized carbons (Fsp3) is 0.333. The molecule has 148 valence electrons. The molecule has 2 amide bonds. The van der Waals surface area contributed by atoms with Crippen LogP contribution in [0.2, 0.25) is 5.02 Å². The molecule has 1 fully saturated rings. The molecular weight excluding hydrogens is 378 g/mol. The number of rotatable bonds is 7. The summed E-state index contributed by atoms with van der Waals surface area (Å²) in [4.78, 5) is 24.4. The van der Waals surface area contributed by atoms with E-state index < -0.39 is 6.04 Å². The lowest BCUT2D eigenvalue weighted by molar-refractivity contribution is -0.117. The quantitative estimate of drug-likeness (QED) is 0.640. The van der Waals surface area contributed by atoms with Crippen molar-refractivity contribution < 1.29 is 14.3 Å². The first-order valence-electron chi connectivity index (χ1n) is 9.20. The maximum atomic E-state index is 12.6. The lowest BCUT2D eigenvalue weighted by Crippen LogP contribution is -2.32. The summed E-state index contributed by atoms with van der Waals surface area (Å²) in [5, 5.41) is 9.48. The van der Waals surface area contributed by atoms with Gasteiger partial charge in [-0.1, -0.05) is 11.6 Å². The Morgan fingerprint density at radius 1 is 1.11 bits per heavy atom. The SMILES string of the molecule is COc1cc(Cl)c(C)cc1NC(=O)C(C)Nc1ccc(NC(=O)C2CC2)cc1. The summed E-state index contributed by atoms with van der Waals surface area (Å²) in [5.74, 6) is 0.536. The molecule has 1 aliphatic rings. The fourth-order valence-electron chi connectivity index (χ4n) is 2.73. The van der Waals surface area contributed by atoms with Gasteiger partial charge >= 0.3 is 0 Å². The number of hydrogen-bond donors (Lipinski definition) is 3. The second kappa shape index (κ2) is 8.52. The lowest BCUT2D eigenvalue weighted by atomic mass is 10.2. The van der Waals surface area contributed by atoms with E-state index in [4.69, 9.17) is 16.3 Å². The highest BCUT2D eigenvalue weighted by Crippen LogP contribution is 2.31. The third-order valence-corrected chi connectivity index (χ3v) is 5.02. The van der Waals surface area contributed by atoms with E-state index in [1.165, 1.54) is 7.11 Å². The number of carbonyl (C=O) groups excluding carboxylic acids is 2. The molecule has 0 spiro atoms. The van der Waals surface area contributed by atoms with Gasteiger partial charge in [0.1, 0.15) is 11.8 Å². The van der Waals surface area contributed by atoms with Crippen LogP contribution in [0.1, 0.15) is 25.3 Å². The zero-order chi connectivity index (χ0) is 20.3. The molecule has 0 radical (unpaired) electrons. The number of halogens is 1. The average molecular weight is 402 g/mol. The molecule has 2 aromatic carbocycles. The Morgan fingerprint density at radius 3 is 2.36 bits per heavy atom. The van der Waals surface area contributed by atoms with Crippen molar-refractivity contribution in [2.24, 2.45) is 5.92 Å². The van der Waals surface area contributed by atoms with Crippen molar-refractivity contribution >= 4 is 40.5 Å². The summed E-state index contributed by atoms with van der Waals surface area (Å²) in [6, 6.07) is 10.3. The van der Waals surface area contributed by atoms with Crippen molar-refractivity contribution in [1.82, 2.24) is 0 Å². The Bertz CT molecular complexity index is 879. The van der Waals surface area contributed by atoms with Crippen LogP contribution in [0.5, 0.6) is 5.75 Å². The minimum absolute atomic E-state index is 0.0701. The van der Waals surface area contributed by atoms with Crippen molar-refractivity contribution in [2.45, 2.75) is 32.7 Å². The summed E-state index contributed by atoms with van der Waals surface area (Å²) >= 11 is 6.10. The molecule has 1 atom stereocenters. The van der Waals surface area contributed by atoms with Gasteiger partial charge in [-0.3, -0.25) is 9.59 Å². The van der Waals surface area contributed by atoms with E-state index in [1.54, 1.807) is 19.1 Å². The highest BCUT2D eigenvalue weighted by atomic mass is 35.5. The van der Waals surface area contributed by atoms with Crippen LogP contribution in [0.25, 0.3) is 0 Å². The Hall–Kier alpha value is -2.73. The minimum atomic E-state index is -0.479. The monoisotopic (exact) mass is 401 g/mol. The van der Waals surface area contributed by atoms with Crippen LogP contribution in [0, 0.1) is 12.8 Å². The molecule has 1 unspecified atom stereocenters. The van der Waals surface area contributed by atoms with Crippen LogP contribution in [0.15, 0.2) is 36.4 Å². The number of hydrogen-bond acceptors (Lipinski definition) is 4. The smallest absolute Gasteiger partial charge is 0.246 e. The number of amides is 2. The maximum Gasteiger partial charge on any atom is 0.246 e. The van der Waals surface area contributed by atoms with Gasteiger partial charge in [0, 0.05) is 28.4 Å². The second-order valence-electron chi connectivity index (χ2n) is 7.00. The normalized spacial score (nSPS) is 14.1. The highest BCUT2D eigenvalue weighted by Gasteiger charge is 2.29. The van der Waals surface area contributed by atoms with E-state index in [-0.39, 0.29) is 17.7 Å². The minimum Gasteiger partial charge on any atom is -0.495 e. The highest BCUT2D eigenvalue weighted by molar-refractivity contribution is 6.31. The third-order valence-electron chi connectivity index (χ3n) is 4.62. The standard InChI is InChI=1S/C21H24ClN3O3/c1-12-10-18(19(28-3)11-17(12)22)25-20(26)13(2)23-15-6-8-16(9-7-15)24-21(27)14-4-5-14/h6-11,13-14,23H,4-5H2,1-3H3,(H,24,27)(H,25,26). The van der Waals surface area contributed by atoms with Gasteiger partial charge in [-0.2, -0.15) is 0 Å². The lowest BCUT2D eigenvalue weighted by Gasteiger charge is -2.17. The van der Waals surface area contributed by atoms with Gasteiger partial charge in [-0.25, -0.2) is 0 Å². The van der Waals surface area contributed by atoms with Gasteiger partial charge in [0.25, 0.3) is 0 Å². The van der Waals surface area contributed by atoms with Crippen molar-refractivity contribution in [1.29, 1.82) is 0 Å². The van der Waals surface area contributed by atoms with E-state index in [2.05, 4.69) is 16.0 Å². The van der Waals surface area contributed by atoms with Crippen molar-refractivity contribution in [2.75, 3.05) is 23.1 Å². The van der Waals surface area contributed by atoms with Crippen molar-refractivity contribution in [3.63, 3.8) is 0 Å². The molecule has 3 rings (SSSR count). The summed E-state index contributed by atoms with van der Waals surface area (Å²) in [6.07, 6.45) is 1.94. The predicted octanol–water partition coefficient (Wildman–Crippen LogP) is 4.44. The number of benzene rings is 2. The summed E-state index contributed by atoms with van der Waals surface area (Å²) in [6.45, 7) is 3.63. The molecule has 6 nitrogen and oxygen atoms in total. The van der Waals surface area contributed by atoms with E-state index in [0.29, 0.717) is 16.5 Å². The molecule has 0 aromatic heterocycles. The number of aryl methyl sites for hydroxylation is 1. The van der Waals surface area contributed by atoms with Gasteiger partial charge in [-0.15, -0.1) is 0 Å². The first-order chi connectivity index (χ1) is 13.4. The zero-order valence-electron chi connectivity index (χ0n) is 16.1. The number of ether oxygens (including phenoxy) is 1. The average Bonchev–Trinajstić information content (AvgIpc) is 3.51.